The molecule has 1 fully saturated rings. The monoisotopic (exact) mass is 214 g/mol. The Morgan fingerprint density at radius 2 is 2.57 bits per heavy atom. The highest BCUT2D eigenvalue weighted by Crippen LogP contribution is 2.24. The normalized spacial score (nSPS) is 32.8. The number of hydrogen-bond acceptors (Lipinski definition) is 4. The summed E-state index contributed by atoms with van der Waals surface area (Å²) in [5, 5.41) is 4.70. The standard InChI is InChI=1S/C10H18N2OS/c1-2-10(4-6-13-8-10)12-9-11-5-3-7-14-9/h2-8H2,1H3,(H,11,12). The van der Waals surface area contributed by atoms with Crippen LogP contribution >= 0.6 is 11.8 Å². The van der Waals surface area contributed by atoms with E-state index in [-0.39, 0.29) is 5.54 Å². The van der Waals surface area contributed by atoms with Crippen LogP contribution in [0.15, 0.2) is 4.99 Å². The highest BCUT2D eigenvalue weighted by molar-refractivity contribution is 8.13. The summed E-state index contributed by atoms with van der Waals surface area (Å²) < 4.78 is 5.47. The van der Waals surface area contributed by atoms with E-state index < -0.39 is 0 Å². The lowest BCUT2D eigenvalue weighted by Crippen LogP contribution is -2.48. The molecule has 2 rings (SSSR count). The molecule has 2 aliphatic heterocycles. The van der Waals surface area contributed by atoms with Gasteiger partial charge >= 0.3 is 0 Å². The van der Waals surface area contributed by atoms with Gasteiger partial charge in [0.05, 0.1) is 12.1 Å². The molecule has 0 aromatic rings. The second-order valence-corrected chi connectivity index (χ2v) is 5.03. The van der Waals surface area contributed by atoms with Gasteiger partial charge in [0.2, 0.25) is 0 Å². The van der Waals surface area contributed by atoms with Crippen molar-refractivity contribution in [2.24, 2.45) is 4.99 Å². The summed E-state index contributed by atoms with van der Waals surface area (Å²) in [6.07, 6.45) is 3.45. The average molecular weight is 214 g/mol. The molecule has 4 heteroatoms. The summed E-state index contributed by atoms with van der Waals surface area (Å²) in [6.45, 7) is 4.92. The summed E-state index contributed by atoms with van der Waals surface area (Å²) in [5.41, 5.74) is 0.170. The Balaban J connectivity index is 1.96. The minimum absolute atomic E-state index is 0.170. The number of hydrogen-bond donors (Lipinski definition) is 1. The molecule has 2 aliphatic rings. The third-order valence-electron chi connectivity index (χ3n) is 2.95. The molecule has 3 nitrogen and oxygen atoms in total. The van der Waals surface area contributed by atoms with Crippen LogP contribution in [-0.4, -0.2) is 36.2 Å². The third-order valence-corrected chi connectivity index (χ3v) is 3.95. The van der Waals surface area contributed by atoms with E-state index in [1.54, 1.807) is 0 Å². The summed E-state index contributed by atoms with van der Waals surface area (Å²) in [7, 11) is 0. The van der Waals surface area contributed by atoms with Crippen molar-refractivity contribution in [3.63, 3.8) is 0 Å². The van der Waals surface area contributed by atoms with Gasteiger partial charge in [-0.1, -0.05) is 18.7 Å². The third kappa shape index (κ3) is 2.23. The quantitative estimate of drug-likeness (QED) is 0.758. The molecular formula is C10H18N2OS. The van der Waals surface area contributed by atoms with Crippen molar-refractivity contribution >= 4 is 16.9 Å². The molecule has 1 N–H and O–H groups in total. The molecule has 0 spiro atoms. The van der Waals surface area contributed by atoms with E-state index >= 15 is 0 Å². The first-order valence-corrected chi connectivity index (χ1v) is 6.36. The van der Waals surface area contributed by atoms with E-state index in [1.165, 1.54) is 12.2 Å². The smallest absolute Gasteiger partial charge is 0.157 e. The van der Waals surface area contributed by atoms with Crippen molar-refractivity contribution in [1.82, 2.24) is 5.32 Å². The molecule has 0 aliphatic carbocycles. The Hall–Kier alpha value is -0.220. The van der Waals surface area contributed by atoms with Crippen LogP contribution < -0.4 is 5.32 Å². The van der Waals surface area contributed by atoms with Crippen molar-refractivity contribution in [2.75, 3.05) is 25.5 Å². The fraction of sp³-hybridized carbons (Fsp3) is 0.900. The van der Waals surface area contributed by atoms with Crippen molar-refractivity contribution in [2.45, 2.75) is 31.7 Å². The lowest BCUT2D eigenvalue weighted by Gasteiger charge is -2.29. The number of thioether (sulfide) groups is 1. The Morgan fingerprint density at radius 3 is 3.14 bits per heavy atom. The molecule has 0 radical (unpaired) electrons. The van der Waals surface area contributed by atoms with Crippen LogP contribution in [0.3, 0.4) is 0 Å². The Bertz CT molecular complexity index is 224. The molecule has 2 heterocycles. The first-order chi connectivity index (χ1) is 6.85. The van der Waals surface area contributed by atoms with Crippen LogP contribution in [0.25, 0.3) is 0 Å². The summed E-state index contributed by atoms with van der Waals surface area (Å²) in [5.74, 6) is 1.20. The zero-order valence-corrected chi connectivity index (χ0v) is 9.53. The second kappa shape index (κ2) is 4.53. The SMILES string of the molecule is CCC1(NC2=NCCCS2)CCOC1. The number of ether oxygens (including phenoxy) is 1. The van der Waals surface area contributed by atoms with Crippen LogP contribution in [0.2, 0.25) is 0 Å². The van der Waals surface area contributed by atoms with Crippen LogP contribution in [0, 0.1) is 0 Å². The lowest BCUT2D eigenvalue weighted by molar-refractivity contribution is 0.172. The minimum Gasteiger partial charge on any atom is -0.379 e. The maximum Gasteiger partial charge on any atom is 0.157 e. The largest absolute Gasteiger partial charge is 0.379 e. The number of amidine groups is 1. The fourth-order valence-electron chi connectivity index (χ4n) is 1.84. The molecule has 1 unspecified atom stereocenters. The molecule has 1 atom stereocenters. The van der Waals surface area contributed by atoms with Gasteiger partial charge in [-0.3, -0.25) is 4.99 Å². The average Bonchev–Trinajstić information content (AvgIpc) is 2.69. The van der Waals surface area contributed by atoms with Gasteiger partial charge in [-0.25, -0.2) is 0 Å². The second-order valence-electron chi connectivity index (χ2n) is 3.95. The van der Waals surface area contributed by atoms with Gasteiger partial charge in [0, 0.05) is 18.9 Å². The van der Waals surface area contributed by atoms with Gasteiger partial charge in [-0.2, -0.15) is 0 Å². The highest BCUT2D eigenvalue weighted by Gasteiger charge is 2.34. The molecule has 1 saturated heterocycles. The van der Waals surface area contributed by atoms with Crippen LogP contribution in [0.5, 0.6) is 0 Å². The number of nitrogens with zero attached hydrogens (tertiary/aromatic N) is 1. The number of rotatable bonds is 2. The van der Waals surface area contributed by atoms with Gasteiger partial charge < -0.3 is 10.1 Å². The van der Waals surface area contributed by atoms with E-state index in [1.807, 2.05) is 11.8 Å². The fourth-order valence-corrected chi connectivity index (χ4v) is 2.77. The number of nitrogens with one attached hydrogen (secondary N) is 1. The van der Waals surface area contributed by atoms with Gasteiger partial charge in [0.25, 0.3) is 0 Å². The van der Waals surface area contributed by atoms with Crippen molar-refractivity contribution < 1.29 is 4.74 Å². The summed E-state index contributed by atoms with van der Waals surface area (Å²) in [6, 6.07) is 0. The Labute approximate surface area is 89.7 Å². The topological polar surface area (TPSA) is 33.6 Å². The van der Waals surface area contributed by atoms with Crippen LogP contribution in [-0.2, 0) is 4.74 Å². The molecule has 0 aromatic heterocycles. The first-order valence-electron chi connectivity index (χ1n) is 5.38. The highest BCUT2D eigenvalue weighted by atomic mass is 32.2. The van der Waals surface area contributed by atoms with Crippen molar-refractivity contribution in [3.05, 3.63) is 0 Å². The Morgan fingerprint density at radius 1 is 1.64 bits per heavy atom. The van der Waals surface area contributed by atoms with E-state index in [9.17, 15) is 0 Å². The zero-order chi connectivity index (χ0) is 9.86. The molecule has 0 aromatic carbocycles. The van der Waals surface area contributed by atoms with E-state index in [0.717, 1.165) is 37.8 Å². The molecule has 0 amide bonds. The molecule has 14 heavy (non-hydrogen) atoms. The predicted octanol–water partition coefficient (Wildman–Crippen LogP) is 1.64. The zero-order valence-electron chi connectivity index (χ0n) is 8.71. The molecular weight excluding hydrogens is 196 g/mol. The van der Waals surface area contributed by atoms with Crippen LogP contribution in [0.4, 0.5) is 0 Å². The number of aliphatic imine (C=N–C) groups is 1. The maximum atomic E-state index is 5.47. The molecule has 0 saturated carbocycles. The minimum atomic E-state index is 0.170. The van der Waals surface area contributed by atoms with Crippen molar-refractivity contribution in [3.8, 4) is 0 Å². The lowest BCUT2D eigenvalue weighted by atomic mass is 9.96. The van der Waals surface area contributed by atoms with Crippen molar-refractivity contribution in [1.29, 1.82) is 0 Å². The van der Waals surface area contributed by atoms with Gasteiger partial charge in [-0.05, 0) is 19.3 Å². The molecule has 0 bridgehead atoms. The first kappa shape index (κ1) is 10.3. The van der Waals surface area contributed by atoms with E-state index in [0.29, 0.717) is 0 Å². The van der Waals surface area contributed by atoms with E-state index in [2.05, 4.69) is 17.2 Å². The van der Waals surface area contributed by atoms with Crippen LogP contribution in [0.1, 0.15) is 26.2 Å². The molecule has 80 valence electrons. The maximum absolute atomic E-state index is 5.47. The van der Waals surface area contributed by atoms with Gasteiger partial charge in [-0.15, -0.1) is 0 Å². The van der Waals surface area contributed by atoms with E-state index in [4.69, 9.17) is 4.74 Å². The predicted molar refractivity (Wildman–Crippen MR) is 61.0 cm³/mol. The summed E-state index contributed by atoms with van der Waals surface area (Å²) >= 11 is 1.85. The Kier molecular flexibility index (Phi) is 3.34. The summed E-state index contributed by atoms with van der Waals surface area (Å²) in [4.78, 5) is 4.50. The van der Waals surface area contributed by atoms with Gasteiger partial charge in [0.15, 0.2) is 5.17 Å². The van der Waals surface area contributed by atoms with Gasteiger partial charge in [0.1, 0.15) is 0 Å².